The van der Waals surface area contributed by atoms with Gasteiger partial charge in [-0.05, 0) is 52.9 Å². The third kappa shape index (κ3) is 4.75. The molecule has 3 aromatic carbocycles. The number of benzene rings is 3. The molecule has 0 unspecified atom stereocenters. The van der Waals surface area contributed by atoms with E-state index in [4.69, 9.17) is 16.3 Å². The average molecular weight is 376 g/mol. The van der Waals surface area contributed by atoms with E-state index in [0.29, 0.717) is 17.7 Å². The van der Waals surface area contributed by atoms with E-state index in [1.807, 2.05) is 54.6 Å². The molecule has 6 N–H and O–H groups in total. The van der Waals surface area contributed by atoms with Crippen molar-refractivity contribution in [1.82, 2.24) is 5.32 Å². The van der Waals surface area contributed by atoms with Gasteiger partial charge in [0.2, 0.25) is 0 Å². The lowest BCUT2D eigenvalue weighted by atomic mass is 10.0. The number of amides is 1. The van der Waals surface area contributed by atoms with Crippen LogP contribution in [0, 0.1) is 5.41 Å². The van der Waals surface area contributed by atoms with Gasteiger partial charge in [-0.1, -0.05) is 48.5 Å². The highest BCUT2D eigenvalue weighted by atomic mass is 32.2. The van der Waals surface area contributed by atoms with Crippen molar-refractivity contribution in [2.75, 3.05) is 0 Å². The highest BCUT2D eigenvalue weighted by Crippen LogP contribution is 2.24. The van der Waals surface area contributed by atoms with Crippen molar-refractivity contribution in [1.29, 1.82) is 5.41 Å². The fourth-order valence-electron chi connectivity index (χ4n) is 2.68. The van der Waals surface area contributed by atoms with E-state index in [9.17, 15) is 4.79 Å². The topological polar surface area (TPSA) is 105 Å². The van der Waals surface area contributed by atoms with E-state index >= 15 is 0 Å². The summed E-state index contributed by atoms with van der Waals surface area (Å²) < 4.78 is 0. The van der Waals surface area contributed by atoms with Gasteiger partial charge in [-0.15, -0.1) is 0 Å². The van der Waals surface area contributed by atoms with Crippen molar-refractivity contribution in [2.45, 2.75) is 11.4 Å². The molecule has 0 bridgehead atoms. The Morgan fingerprint density at radius 3 is 2.26 bits per heavy atom. The summed E-state index contributed by atoms with van der Waals surface area (Å²) in [5, 5.41) is 16.0. The molecule has 0 aliphatic heterocycles. The van der Waals surface area contributed by atoms with Gasteiger partial charge in [0.15, 0.2) is 0 Å². The van der Waals surface area contributed by atoms with Crippen LogP contribution in [0.25, 0.3) is 11.1 Å². The molecule has 0 heterocycles. The minimum absolute atomic E-state index is 0.0273. The van der Waals surface area contributed by atoms with Gasteiger partial charge in [0.1, 0.15) is 5.84 Å². The molecule has 0 aliphatic carbocycles. The molecule has 0 atom stereocenters. The van der Waals surface area contributed by atoms with Crippen LogP contribution < -0.4 is 16.2 Å². The molecule has 1 amide bonds. The molecule has 0 aromatic heterocycles. The summed E-state index contributed by atoms with van der Waals surface area (Å²) >= 11 is 1.20. The molecule has 0 spiro atoms. The fraction of sp³-hybridized carbons (Fsp3) is 0.0476. The Morgan fingerprint density at radius 1 is 0.926 bits per heavy atom. The van der Waals surface area contributed by atoms with Gasteiger partial charge in [0.05, 0.1) is 0 Å². The van der Waals surface area contributed by atoms with Crippen molar-refractivity contribution in [2.24, 2.45) is 10.9 Å². The van der Waals surface area contributed by atoms with E-state index in [2.05, 4.69) is 5.32 Å². The summed E-state index contributed by atoms with van der Waals surface area (Å²) in [4.78, 5) is 13.5. The number of nitrogen functional groups attached to an aromatic ring is 1. The molecule has 6 heteroatoms. The molecule has 3 aromatic rings. The van der Waals surface area contributed by atoms with Gasteiger partial charge in [-0.3, -0.25) is 15.3 Å². The lowest BCUT2D eigenvalue weighted by molar-refractivity contribution is 0.0951. The number of amidine groups is 1. The maximum Gasteiger partial charge on any atom is 0.251 e. The van der Waals surface area contributed by atoms with Crippen LogP contribution in [0.1, 0.15) is 21.5 Å². The number of carbonyl (C=O) groups excluding carboxylic acids is 1. The predicted octanol–water partition coefficient (Wildman–Crippen LogP) is 3.53. The number of hydrogen-bond donors (Lipinski definition) is 4. The number of nitrogens with one attached hydrogen (secondary N) is 2. The van der Waals surface area contributed by atoms with Crippen LogP contribution in [0.15, 0.2) is 77.7 Å². The molecule has 0 aliphatic rings. The third-order valence-corrected chi connectivity index (χ3v) is 4.67. The van der Waals surface area contributed by atoms with Gasteiger partial charge in [-0.25, -0.2) is 0 Å². The molecule has 0 saturated heterocycles. The van der Waals surface area contributed by atoms with Gasteiger partial charge >= 0.3 is 0 Å². The summed E-state index contributed by atoms with van der Waals surface area (Å²) in [7, 11) is 0. The van der Waals surface area contributed by atoms with Crippen LogP contribution in [0.4, 0.5) is 0 Å². The maximum atomic E-state index is 12.5. The smallest absolute Gasteiger partial charge is 0.251 e. The SMILES string of the molecule is N=C(N)c1ccc(CNC(=O)c2cccc(-c3cccc(SN)c3)c2)cc1. The first-order chi connectivity index (χ1) is 13.1. The summed E-state index contributed by atoms with van der Waals surface area (Å²) in [5.41, 5.74) is 9.62. The van der Waals surface area contributed by atoms with Gasteiger partial charge in [0, 0.05) is 22.6 Å². The highest BCUT2D eigenvalue weighted by Gasteiger charge is 2.08. The standard InChI is InChI=1S/C21H20N4OS/c22-20(23)15-9-7-14(8-10-15)13-25-21(26)18-5-1-3-16(11-18)17-4-2-6-19(12-17)27-24/h1-12H,13,24H2,(H3,22,23)(H,25,26). The lowest BCUT2D eigenvalue weighted by Crippen LogP contribution is -2.22. The number of nitrogens with two attached hydrogens (primary N) is 2. The molecule has 5 nitrogen and oxygen atoms in total. The van der Waals surface area contributed by atoms with Crippen molar-refractivity contribution in [3.8, 4) is 11.1 Å². The molecule has 0 saturated carbocycles. The Kier molecular flexibility index (Phi) is 5.90. The Morgan fingerprint density at radius 2 is 1.59 bits per heavy atom. The van der Waals surface area contributed by atoms with Crippen LogP contribution in [-0.4, -0.2) is 11.7 Å². The second kappa shape index (κ2) is 8.53. The summed E-state index contributed by atoms with van der Waals surface area (Å²) in [5.74, 6) is -0.114. The Hall–Kier alpha value is -3.09. The predicted molar refractivity (Wildman–Crippen MR) is 111 cm³/mol. The van der Waals surface area contributed by atoms with Crippen molar-refractivity contribution < 1.29 is 4.79 Å². The quantitative estimate of drug-likeness (QED) is 0.300. The fourth-order valence-corrected chi connectivity index (χ4v) is 3.03. The summed E-state index contributed by atoms with van der Waals surface area (Å²) in [6.45, 7) is 0.403. The lowest BCUT2D eigenvalue weighted by Gasteiger charge is -2.09. The number of carbonyl (C=O) groups is 1. The molecule has 136 valence electrons. The second-order valence-electron chi connectivity index (χ2n) is 6.02. The second-order valence-corrected chi connectivity index (χ2v) is 6.73. The number of rotatable bonds is 6. The highest BCUT2D eigenvalue weighted by molar-refractivity contribution is 7.97. The van der Waals surface area contributed by atoms with Crippen molar-refractivity contribution >= 4 is 23.7 Å². The zero-order valence-corrected chi connectivity index (χ0v) is 15.4. The van der Waals surface area contributed by atoms with Crippen LogP contribution in [0.2, 0.25) is 0 Å². The first-order valence-electron chi connectivity index (χ1n) is 8.35. The zero-order chi connectivity index (χ0) is 19.2. The molecule has 3 rings (SSSR count). The van der Waals surface area contributed by atoms with Crippen LogP contribution in [0.3, 0.4) is 0 Å². The molecule has 0 fully saturated rings. The molecule has 27 heavy (non-hydrogen) atoms. The van der Waals surface area contributed by atoms with E-state index in [1.54, 1.807) is 18.2 Å². The summed E-state index contributed by atoms with van der Waals surface area (Å²) in [6, 6.07) is 22.6. The minimum atomic E-state index is -0.142. The Labute approximate surface area is 162 Å². The van der Waals surface area contributed by atoms with Crippen LogP contribution in [-0.2, 0) is 6.54 Å². The van der Waals surface area contributed by atoms with Gasteiger partial charge < -0.3 is 11.1 Å². The summed E-state index contributed by atoms with van der Waals surface area (Å²) in [6.07, 6.45) is 0. The zero-order valence-electron chi connectivity index (χ0n) is 14.6. The first-order valence-corrected chi connectivity index (χ1v) is 9.23. The number of hydrogen-bond acceptors (Lipinski definition) is 4. The maximum absolute atomic E-state index is 12.5. The first kappa shape index (κ1) is 18.7. The third-order valence-electron chi connectivity index (χ3n) is 4.15. The van der Waals surface area contributed by atoms with Crippen LogP contribution in [0.5, 0.6) is 0 Å². The van der Waals surface area contributed by atoms with Crippen molar-refractivity contribution in [3.63, 3.8) is 0 Å². The Balaban J connectivity index is 1.70. The van der Waals surface area contributed by atoms with Crippen molar-refractivity contribution in [3.05, 3.63) is 89.5 Å². The van der Waals surface area contributed by atoms with Gasteiger partial charge in [0.25, 0.3) is 5.91 Å². The Bertz CT molecular complexity index is 970. The average Bonchev–Trinajstić information content (AvgIpc) is 2.72. The van der Waals surface area contributed by atoms with E-state index in [0.717, 1.165) is 21.6 Å². The van der Waals surface area contributed by atoms with Gasteiger partial charge in [-0.2, -0.15) is 0 Å². The normalized spacial score (nSPS) is 10.4. The van der Waals surface area contributed by atoms with E-state index in [1.165, 1.54) is 11.9 Å². The van der Waals surface area contributed by atoms with Crippen LogP contribution >= 0.6 is 11.9 Å². The van der Waals surface area contributed by atoms with E-state index in [-0.39, 0.29) is 11.7 Å². The molecular formula is C21H20N4OS. The minimum Gasteiger partial charge on any atom is -0.384 e. The molecule has 0 radical (unpaired) electrons. The monoisotopic (exact) mass is 376 g/mol. The van der Waals surface area contributed by atoms with E-state index < -0.39 is 0 Å². The largest absolute Gasteiger partial charge is 0.384 e. The molecular weight excluding hydrogens is 356 g/mol.